The maximum Gasteiger partial charge on any atom is 0.293 e. The van der Waals surface area contributed by atoms with Gasteiger partial charge >= 0.3 is 0 Å². The van der Waals surface area contributed by atoms with Crippen molar-refractivity contribution in [2.24, 2.45) is 0 Å². The SMILES string of the molecule is COCc1ccccc1CNC(=O)c1nn[nH]n1. The number of nitrogens with zero attached hydrogens (tertiary/aromatic N) is 3. The van der Waals surface area contributed by atoms with Crippen molar-refractivity contribution in [1.82, 2.24) is 25.9 Å². The summed E-state index contributed by atoms with van der Waals surface area (Å²) in [6.45, 7) is 0.904. The quantitative estimate of drug-likeness (QED) is 0.791. The number of hydrogen-bond donors (Lipinski definition) is 2. The van der Waals surface area contributed by atoms with Gasteiger partial charge in [-0.1, -0.05) is 24.3 Å². The first kappa shape index (κ1) is 12.2. The lowest BCUT2D eigenvalue weighted by Gasteiger charge is -2.08. The van der Waals surface area contributed by atoms with E-state index in [0.29, 0.717) is 13.2 Å². The Morgan fingerprint density at radius 1 is 1.39 bits per heavy atom. The van der Waals surface area contributed by atoms with Crippen LogP contribution < -0.4 is 5.32 Å². The van der Waals surface area contributed by atoms with E-state index in [2.05, 4.69) is 25.9 Å². The zero-order valence-electron chi connectivity index (χ0n) is 9.88. The van der Waals surface area contributed by atoms with Gasteiger partial charge in [-0.2, -0.15) is 5.21 Å². The average molecular weight is 247 g/mol. The molecule has 2 rings (SSSR count). The molecule has 0 radical (unpaired) electrons. The van der Waals surface area contributed by atoms with Crippen molar-refractivity contribution in [3.05, 3.63) is 41.2 Å². The van der Waals surface area contributed by atoms with E-state index in [4.69, 9.17) is 4.74 Å². The molecule has 0 fully saturated rings. The summed E-state index contributed by atoms with van der Waals surface area (Å²) >= 11 is 0. The van der Waals surface area contributed by atoms with Crippen molar-refractivity contribution in [3.8, 4) is 0 Å². The highest BCUT2D eigenvalue weighted by molar-refractivity contribution is 5.89. The number of carbonyl (C=O) groups is 1. The fraction of sp³-hybridized carbons (Fsp3) is 0.273. The predicted octanol–water partition coefficient (Wildman–Crippen LogP) is 0.276. The number of benzene rings is 1. The van der Waals surface area contributed by atoms with E-state index in [-0.39, 0.29) is 11.7 Å². The van der Waals surface area contributed by atoms with Crippen LogP contribution in [0, 0.1) is 0 Å². The molecule has 0 spiro atoms. The molecular weight excluding hydrogens is 234 g/mol. The van der Waals surface area contributed by atoms with Gasteiger partial charge in [-0.25, -0.2) is 0 Å². The lowest BCUT2D eigenvalue weighted by molar-refractivity contribution is 0.0940. The van der Waals surface area contributed by atoms with Gasteiger partial charge in [0.1, 0.15) is 0 Å². The van der Waals surface area contributed by atoms with Gasteiger partial charge in [0.25, 0.3) is 11.7 Å². The number of rotatable bonds is 5. The first-order valence-electron chi connectivity index (χ1n) is 5.38. The third-order valence-electron chi connectivity index (χ3n) is 2.41. The van der Waals surface area contributed by atoms with E-state index >= 15 is 0 Å². The van der Waals surface area contributed by atoms with E-state index < -0.39 is 0 Å². The molecule has 7 nitrogen and oxygen atoms in total. The average Bonchev–Trinajstić information content (AvgIpc) is 2.92. The standard InChI is InChI=1S/C11H13N5O2/c1-18-7-9-5-3-2-4-8(9)6-12-11(17)10-13-15-16-14-10/h2-5H,6-7H2,1H3,(H,12,17)(H,13,14,15,16). The van der Waals surface area contributed by atoms with Crippen molar-refractivity contribution in [1.29, 1.82) is 0 Å². The summed E-state index contributed by atoms with van der Waals surface area (Å²) in [4.78, 5) is 11.6. The summed E-state index contributed by atoms with van der Waals surface area (Å²) < 4.78 is 5.10. The van der Waals surface area contributed by atoms with E-state index in [1.54, 1.807) is 7.11 Å². The minimum absolute atomic E-state index is 0.0271. The number of amides is 1. The fourth-order valence-corrected chi connectivity index (χ4v) is 1.54. The number of carbonyl (C=O) groups excluding carboxylic acids is 1. The highest BCUT2D eigenvalue weighted by Gasteiger charge is 2.10. The molecule has 0 saturated heterocycles. The van der Waals surface area contributed by atoms with Crippen LogP contribution in [0.15, 0.2) is 24.3 Å². The second-order valence-electron chi connectivity index (χ2n) is 3.62. The zero-order valence-corrected chi connectivity index (χ0v) is 9.88. The lowest BCUT2D eigenvalue weighted by atomic mass is 10.1. The number of aromatic nitrogens is 4. The second kappa shape index (κ2) is 5.87. The van der Waals surface area contributed by atoms with Crippen LogP contribution in [0.25, 0.3) is 0 Å². The molecule has 0 aliphatic carbocycles. The summed E-state index contributed by atoms with van der Waals surface area (Å²) in [5, 5.41) is 15.5. The molecular formula is C11H13N5O2. The molecule has 0 unspecified atom stereocenters. The topological polar surface area (TPSA) is 92.8 Å². The first-order chi connectivity index (χ1) is 8.81. The van der Waals surface area contributed by atoms with E-state index in [9.17, 15) is 4.79 Å². The molecule has 0 aliphatic heterocycles. The Balaban J connectivity index is 2.00. The number of hydrogen-bond acceptors (Lipinski definition) is 5. The molecule has 1 heterocycles. The smallest absolute Gasteiger partial charge is 0.293 e. The van der Waals surface area contributed by atoms with Gasteiger partial charge in [0.2, 0.25) is 0 Å². The van der Waals surface area contributed by atoms with Crippen LogP contribution in [0.3, 0.4) is 0 Å². The Hall–Kier alpha value is -2.28. The van der Waals surface area contributed by atoms with Gasteiger partial charge in [0.15, 0.2) is 0 Å². The van der Waals surface area contributed by atoms with E-state index in [1.165, 1.54) is 0 Å². The minimum Gasteiger partial charge on any atom is -0.380 e. The van der Waals surface area contributed by atoms with Gasteiger partial charge in [-0.15, -0.1) is 10.2 Å². The van der Waals surface area contributed by atoms with Crippen LogP contribution in [0.2, 0.25) is 0 Å². The van der Waals surface area contributed by atoms with Gasteiger partial charge < -0.3 is 10.1 Å². The number of nitrogens with one attached hydrogen (secondary N) is 2. The zero-order chi connectivity index (χ0) is 12.8. The highest BCUT2D eigenvalue weighted by Crippen LogP contribution is 2.09. The molecule has 0 atom stereocenters. The molecule has 7 heteroatoms. The van der Waals surface area contributed by atoms with Crippen LogP contribution in [0.5, 0.6) is 0 Å². The molecule has 0 bridgehead atoms. The van der Waals surface area contributed by atoms with Crippen molar-refractivity contribution in [2.45, 2.75) is 13.2 Å². The van der Waals surface area contributed by atoms with Crippen LogP contribution in [0.1, 0.15) is 21.7 Å². The van der Waals surface area contributed by atoms with Crippen LogP contribution in [-0.4, -0.2) is 33.6 Å². The van der Waals surface area contributed by atoms with Crippen molar-refractivity contribution >= 4 is 5.91 Å². The molecule has 1 aromatic heterocycles. The van der Waals surface area contributed by atoms with Crippen LogP contribution in [-0.2, 0) is 17.9 Å². The van der Waals surface area contributed by atoms with Gasteiger partial charge in [0, 0.05) is 13.7 Å². The summed E-state index contributed by atoms with van der Waals surface area (Å²) in [6.07, 6.45) is 0. The fourth-order valence-electron chi connectivity index (χ4n) is 1.54. The number of ether oxygens (including phenoxy) is 1. The van der Waals surface area contributed by atoms with Gasteiger partial charge in [-0.05, 0) is 16.3 Å². The number of aromatic amines is 1. The maximum absolute atomic E-state index is 11.6. The van der Waals surface area contributed by atoms with Gasteiger partial charge in [0.05, 0.1) is 6.61 Å². The Bertz CT molecular complexity index is 512. The highest BCUT2D eigenvalue weighted by atomic mass is 16.5. The molecule has 18 heavy (non-hydrogen) atoms. The largest absolute Gasteiger partial charge is 0.380 e. The number of H-pyrrole nitrogens is 1. The van der Waals surface area contributed by atoms with Crippen LogP contribution >= 0.6 is 0 Å². The minimum atomic E-state index is -0.365. The Kier molecular flexibility index (Phi) is 3.98. The molecule has 1 aromatic carbocycles. The van der Waals surface area contributed by atoms with E-state index in [1.807, 2.05) is 24.3 Å². The Labute approximate surface area is 104 Å². The van der Waals surface area contributed by atoms with Crippen molar-refractivity contribution in [2.75, 3.05) is 7.11 Å². The van der Waals surface area contributed by atoms with Crippen molar-refractivity contribution < 1.29 is 9.53 Å². The van der Waals surface area contributed by atoms with E-state index in [0.717, 1.165) is 11.1 Å². The summed E-state index contributed by atoms with van der Waals surface area (Å²) in [7, 11) is 1.63. The summed E-state index contributed by atoms with van der Waals surface area (Å²) in [5.41, 5.74) is 2.03. The molecule has 1 amide bonds. The second-order valence-corrected chi connectivity index (χ2v) is 3.62. The Morgan fingerprint density at radius 3 is 2.83 bits per heavy atom. The number of methoxy groups -OCH3 is 1. The Morgan fingerprint density at radius 2 is 2.17 bits per heavy atom. The third kappa shape index (κ3) is 2.89. The number of tetrazole rings is 1. The van der Waals surface area contributed by atoms with Gasteiger partial charge in [-0.3, -0.25) is 4.79 Å². The monoisotopic (exact) mass is 247 g/mol. The maximum atomic E-state index is 11.6. The molecule has 94 valence electrons. The summed E-state index contributed by atoms with van der Waals surface area (Å²) in [6, 6.07) is 7.73. The molecule has 0 aliphatic rings. The van der Waals surface area contributed by atoms with Crippen molar-refractivity contribution in [3.63, 3.8) is 0 Å². The molecule has 2 aromatic rings. The van der Waals surface area contributed by atoms with Crippen LogP contribution in [0.4, 0.5) is 0 Å². The summed E-state index contributed by atoms with van der Waals surface area (Å²) in [5.74, 6) is -0.338. The third-order valence-corrected chi connectivity index (χ3v) is 2.41. The molecule has 0 saturated carbocycles. The molecule has 2 N–H and O–H groups in total. The first-order valence-corrected chi connectivity index (χ1v) is 5.38. The normalized spacial score (nSPS) is 10.3. The predicted molar refractivity (Wildman–Crippen MR) is 62.5 cm³/mol. The lowest BCUT2D eigenvalue weighted by Crippen LogP contribution is -2.24.